The molecule has 3 aromatic rings. The maximum absolute atomic E-state index is 13.4. The van der Waals surface area contributed by atoms with Crippen molar-refractivity contribution in [3.63, 3.8) is 0 Å². The molecule has 0 aliphatic carbocycles. The molecule has 1 aliphatic heterocycles. The van der Waals surface area contributed by atoms with Crippen molar-refractivity contribution < 1.29 is 24.2 Å². The van der Waals surface area contributed by atoms with Crippen molar-refractivity contribution in [3.8, 4) is 5.75 Å². The van der Waals surface area contributed by atoms with Crippen LogP contribution in [0, 0.1) is 12.8 Å². The second kappa shape index (κ2) is 10.9. The molecular weight excluding hydrogens is 512 g/mol. The Labute approximate surface area is 224 Å². The van der Waals surface area contributed by atoms with E-state index in [1.165, 1.54) is 11.8 Å². The van der Waals surface area contributed by atoms with E-state index in [0.29, 0.717) is 45.0 Å². The first kappa shape index (κ1) is 26.6. The molecule has 1 aliphatic rings. The lowest BCUT2D eigenvalue weighted by atomic mass is 9.95. The Bertz CT molecular complexity index is 1390. The highest BCUT2D eigenvalue weighted by atomic mass is 35.5. The van der Waals surface area contributed by atoms with E-state index in [0.717, 1.165) is 17.8 Å². The van der Waals surface area contributed by atoms with Gasteiger partial charge in [-0.15, -0.1) is 0 Å². The number of aliphatic hydroxyl groups excluding tert-OH is 1. The lowest BCUT2D eigenvalue weighted by molar-refractivity contribution is -0.132. The number of Topliss-reactive ketones (excluding diaryl/α,β-unsaturated/α-hetero) is 2. The second-order valence-corrected chi connectivity index (χ2v) is 10.7. The van der Waals surface area contributed by atoms with Crippen LogP contribution in [0.1, 0.15) is 59.7 Å². The highest BCUT2D eigenvalue weighted by molar-refractivity contribution is 7.18. The van der Waals surface area contributed by atoms with Crippen LogP contribution in [0.2, 0.25) is 5.02 Å². The van der Waals surface area contributed by atoms with E-state index in [2.05, 4.69) is 18.8 Å². The van der Waals surface area contributed by atoms with E-state index in [-0.39, 0.29) is 22.2 Å². The Hall–Kier alpha value is -3.49. The van der Waals surface area contributed by atoms with Gasteiger partial charge in [-0.3, -0.25) is 19.3 Å². The molecule has 1 fully saturated rings. The normalized spacial score (nSPS) is 17.0. The first-order valence-electron chi connectivity index (χ1n) is 11.9. The van der Waals surface area contributed by atoms with Gasteiger partial charge >= 0.3 is 5.91 Å². The number of thiazole rings is 1. The molecule has 1 atom stereocenters. The number of anilines is 1. The highest BCUT2D eigenvalue weighted by Gasteiger charge is 2.48. The number of halogens is 1. The van der Waals surface area contributed by atoms with E-state index in [9.17, 15) is 19.5 Å². The summed E-state index contributed by atoms with van der Waals surface area (Å²) in [7, 11) is 0. The number of rotatable bonds is 8. The van der Waals surface area contributed by atoms with E-state index >= 15 is 0 Å². The Morgan fingerprint density at radius 3 is 2.51 bits per heavy atom. The summed E-state index contributed by atoms with van der Waals surface area (Å²) >= 11 is 7.04. The van der Waals surface area contributed by atoms with Crippen molar-refractivity contribution in [2.24, 2.45) is 5.92 Å². The molecule has 0 spiro atoms. The van der Waals surface area contributed by atoms with E-state index < -0.39 is 17.7 Å². The van der Waals surface area contributed by atoms with Crippen LogP contribution in [0.15, 0.2) is 54.1 Å². The summed E-state index contributed by atoms with van der Waals surface area (Å²) in [6.07, 6.45) is 0.867. The zero-order chi connectivity index (χ0) is 26.9. The van der Waals surface area contributed by atoms with Gasteiger partial charge in [0, 0.05) is 17.5 Å². The standard InChI is InChI=1S/C28H27ClN2O5S/c1-15(2)12-13-36-21-7-5-6-19(14-21)23-22(24(33)18-8-10-20(29)11-9-18)25(34)27(35)31(23)28-30-16(3)26(37-28)17(4)32/h5-11,14-15,23,33H,12-13H2,1-4H3/b24-22+. The fourth-order valence-corrected chi connectivity index (χ4v) is 5.22. The molecule has 0 bridgehead atoms. The zero-order valence-electron chi connectivity index (χ0n) is 20.9. The molecule has 4 rings (SSSR count). The van der Waals surface area contributed by atoms with Gasteiger partial charge in [-0.2, -0.15) is 0 Å². The van der Waals surface area contributed by atoms with E-state index in [4.69, 9.17) is 16.3 Å². The SMILES string of the molecule is CC(=O)c1sc(N2C(=O)C(=O)/C(=C(/O)c3ccc(Cl)cc3)C2c2cccc(OCCC(C)C)c2)nc1C. The molecule has 1 aromatic heterocycles. The molecule has 192 valence electrons. The Morgan fingerprint density at radius 1 is 1.19 bits per heavy atom. The van der Waals surface area contributed by atoms with Gasteiger partial charge in [0.15, 0.2) is 10.9 Å². The van der Waals surface area contributed by atoms with Gasteiger partial charge in [0.2, 0.25) is 0 Å². The number of ketones is 2. The first-order chi connectivity index (χ1) is 17.6. The average Bonchev–Trinajstić information content (AvgIpc) is 3.36. The Morgan fingerprint density at radius 2 is 1.89 bits per heavy atom. The zero-order valence-corrected chi connectivity index (χ0v) is 22.5. The molecule has 1 saturated heterocycles. The number of carbonyl (C=O) groups is 3. The minimum absolute atomic E-state index is 0.0797. The fourth-order valence-electron chi connectivity index (χ4n) is 4.11. The maximum atomic E-state index is 13.4. The lowest BCUT2D eigenvalue weighted by Crippen LogP contribution is -2.29. The number of hydrogen-bond acceptors (Lipinski definition) is 7. The molecule has 0 saturated carbocycles. The van der Waals surface area contributed by atoms with Gasteiger partial charge in [0.1, 0.15) is 11.5 Å². The smallest absolute Gasteiger partial charge is 0.301 e. The quantitative estimate of drug-likeness (QED) is 0.155. The summed E-state index contributed by atoms with van der Waals surface area (Å²) in [6.45, 7) is 7.83. The summed E-state index contributed by atoms with van der Waals surface area (Å²) in [6, 6.07) is 12.5. The fraction of sp³-hybridized carbons (Fsp3) is 0.286. The van der Waals surface area contributed by atoms with Crippen molar-refractivity contribution >= 4 is 51.3 Å². The second-order valence-electron chi connectivity index (χ2n) is 9.25. The molecule has 1 amide bonds. The number of aryl methyl sites for hydroxylation is 1. The number of benzene rings is 2. The van der Waals surface area contributed by atoms with Crippen molar-refractivity contribution in [1.82, 2.24) is 4.98 Å². The van der Waals surface area contributed by atoms with Crippen LogP contribution in [-0.4, -0.2) is 34.2 Å². The van der Waals surface area contributed by atoms with Crippen molar-refractivity contribution in [1.29, 1.82) is 0 Å². The number of aliphatic hydroxyl groups is 1. The van der Waals surface area contributed by atoms with Gasteiger partial charge in [-0.1, -0.05) is 48.9 Å². The number of nitrogens with zero attached hydrogens (tertiary/aromatic N) is 2. The van der Waals surface area contributed by atoms with Gasteiger partial charge in [0.05, 0.1) is 28.8 Å². The molecule has 9 heteroatoms. The highest BCUT2D eigenvalue weighted by Crippen LogP contribution is 2.44. The molecule has 2 aromatic carbocycles. The number of amides is 1. The van der Waals surface area contributed by atoms with Crippen molar-refractivity contribution in [2.45, 2.75) is 40.2 Å². The van der Waals surface area contributed by atoms with Crippen LogP contribution in [0.4, 0.5) is 5.13 Å². The third-order valence-electron chi connectivity index (χ3n) is 6.01. The van der Waals surface area contributed by atoms with Gasteiger partial charge in [0.25, 0.3) is 5.78 Å². The summed E-state index contributed by atoms with van der Waals surface area (Å²) in [5, 5.41) is 11.9. The Kier molecular flexibility index (Phi) is 7.80. The third kappa shape index (κ3) is 5.45. The number of aromatic nitrogens is 1. The molecule has 1 unspecified atom stereocenters. The number of carbonyl (C=O) groups excluding carboxylic acids is 3. The monoisotopic (exact) mass is 538 g/mol. The average molecular weight is 539 g/mol. The first-order valence-corrected chi connectivity index (χ1v) is 13.1. The van der Waals surface area contributed by atoms with Crippen LogP contribution in [0.5, 0.6) is 5.75 Å². The molecule has 2 heterocycles. The van der Waals surface area contributed by atoms with Gasteiger partial charge < -0.3 is 9.84 Å². The minimum Gasteiger partial charge on any atom is -0.507 e. The summed E-state index contributed by atoms with van der Waals surface area (Å²) in [5.41, 5.74) is 1.30. The van der Waals surface area contributed by atoms with Crippen LogP contribution in [-0.2, 0) is 9.59 Å². The molecule has 0 radical (unpaired) electrons. The molecule has 1 N–H and O–H groups in total. The van der Waals surface area contributed by atoms with Crippen molar-refractivity contribution in [3.05, 3.63) is 80.8 Å². The third-order valence-corrected chi connectivity index (χ3v) is 7.52. The predicted octanol–water partition coefficient (Wildman–Crippen LogP) is 6.36. The van der Waals surface area contributed by atoms with Gasteiger partial charge in [-0.25, -0.2) is 4.98 Å². The molecular formula is C28H27ClN2O5S. The van der Waals surface area contributed by atoms with Crippen LogP contribution in [0.25, 0.3) is 5.76 Å². The van der Waals surface area contributed by atoms with Crippen LogP contribution in [0.3, 0.4) is 0 Å². The predicted molar refractivity (Wildman–Crippen MR) is 144 cm³/mol. The van der Waals surface area contributed by atoms with Crippen LogP contribution < -0.4 is 9.64 Å². The molecule has 7 nitrogen and oxygen atoms in total. The number of hydrogen-bond donors (Lipinski definition) is 1. The molecule has 37 heavy (non-hydrogen) atoms. The van der Waals surface area contributed by atoms with Crippen LogP contribution >= 0.6 is 22.9 Å². The summed E-state index contributed by atoms with van der Waals surface area (Å²) in [4.78, 5) is 44.9. The summed E-state index contributed by atoms with van der Waals surface area (Å²) in [5.74, 6) is -1.14. The minimum atomic E-state index is -0.977. The van der Waals surface area contributed by atoms with E-state index in [1.54, 1.807) is 55.5 Å². The number of ether oxygens (including phenoxy) is 1. The van der Waals surface area contributed by atoms with Crippen molar-refractivity contribution in [2.75, 3.05) is 11.5 Å². The topological polar surface area (TPSA) is 96.8 Å². The van der Waals surface area contributed by atoms with E-state index in [1.807, 2.05) is 0 Å². The summed E-state index contributed by atoms with van der Waals surface area (Å²) < 4.78 is 5.92. The largest absolute Gasteiger partial charge is 0.507 e. The Balaban J connectivity index is 1.87. The lowest BCUT2D eigenvalue weighted by Gasteiger charge is -2.23. The maximum Gasteiger partial charge on any atom is 0.301 e. The van der Waals surface area contributed by atoms with Gasteiger partial charge in [-0.05, 0) is 61.2 Å².